The zero-order chi connectivity index (χ0) is 54.7. The average Bonchev–Trinajstić information content (AvgIpc) is 4.07. The number of rotatable bonds is 18. The standard InChI is InChI=1S/C29H39FN6O5.C26H33FN6O4/c1-19-22(9-15-35-13-7-20(8-14-35)26-23-6-5-21(30)18-25(23)41-34-26)28(37)36-12-3-4-24(27(36)33-19)40-29(38)32-11-17-39-16-10-31-2;1-16-19(25(34)33-10-3-4-21(24(33)30-16)36-26(35)29-15-28-2)9-13-32-11-7-17(8-12-32)23-20-6-5-18(27)14-22(20)37-31-23/h5-6,18,20,24,31H,3-4,7-17H2,1-2H3,(H,32,38);5-6,14,17,21,28H,3-4,7-13,15H2,1-2H3,(H,29,35). The summed E-state index contributed by atoms with van der Waals surface area (Å²) in [6, 6.07) is 9.13. The van der Waals surface area contributed by atoms with Crippen LogP contribution >= 0.6 is 0 Å². The molecule has 2 unspecified atom stereocenters. The van der Waals surface area contributed by atoms with Gasteiger partial charge >= 0.3 is 12.2 Å². The third-order valence-corrected chi connectivity index (χ3v) is 15.4. The average molecular weight is 1080 g/mol. The highest BCUT2D eigenvalue weighted by molar-refractivity contribution is 5.80. The molecule has 2 saturated heterocycles. The van der Waals surface area contributed by atoms with Gasteiger partial charge in [-0.05, 0) is 143 Å². The molecule has 6 aromatic rings. The molecule has 10 rings (SSSR count). The second kappa shape index (κ2) is 26.3. The van der Waals surface area contributed by atoms with Crippen LogP contribution in [0.25, 0.3) is 21.9 Å². The van der Waals surface area contributed by atoms with E-state index in [1.54, 1.807) is 28.3 Å². The number of amides is 2. The van der Waals surface area contributed by atoms with Crippen molar-refractivity contribution in [2.45, 2.75) is 115 Å². The molecule has 21 nitrogen and oxygen atoms in total. The molecule has 78 heavy (non-hydrogen) atoms. The van der Waals surface area contributed by atoms with Gasteiger partial charge in [0.2, 0.25) is 0 Å². The van der Waals surface area contributed by atoms with Gasteiger partial charge in [-0.25, -0.2) is 28.3 Å². The summed E-state index contributed by atoms with van der Waals surface area (Å²) >= 11 is 0. The first-order valence-corrected chi connectivity index (χ1v) is 27.4. The molecule has 0 saturated carbocycles. The molecular weight excluding hydrogens is 1010 g/mol. The minimum absolute atomic E-state index is 0.0392. The maximum Gasteiger partial charge on any atom is 0.408 e. The first-order valence-electron chi connectivity index (χ1n) is 27.4. The fourth-order valence-corrected chi connectivity index (χ4v) is 11.1. The van der Waals surface area contributed by atoms with Gasteiger partial charge in [0.25, 0.3) is 11.1 Å². The normalized spacial score (nSPS) is 18.3. The highest BCUT2D eigenvalue weighted by Crippen LogP contribution is 2.35. The van der Waals surface area contributed by atoms with Gasteiger partial charge in [0.05, 0.1) is 31.3 Å². The van der Waals surface area contributed by atoms with Crippen molar-refractivity contribution >= 4 is 34.1 Å². The molecule has 0 spiro atoms. The van der Waals surface area contributed by atoms with Crippen LogP contribution in [-0.4, -0.2) is 138 Å². The summed E-state index contributed by atoms with van der Waals surface area (Å²) in [7, 11) is 3.58. The van der Waals surface area contributed by atoms with Gasteiger partial charge in [0.15, 0.2) is 35.0 Å². The minimum atomic E-state index is -0.558. The molecule has 23 heteroatoms. The smallest absolute Gasteiger partial charge is 0.408 e. The first kappa shape index (κ1) is 56.1. The zero-order valence-electron chi connectivity index (χ0n) is 45.0. The van der Waals surface area contributed by atoms with E-state index in [-0.39, 0.29) is 34.6 Å². The number of carbonyl (C=O) groups excluding carboxylic acids is 2. The van der Waals surface area contributed by atoms with E-state index in [1.165, 1.54) is 24.3 Å². The molecule has 0 bridgehead atoms. The molecule has 8 heterocycles. The molecule has 2 fully saturated rings. The molecule has 4 N–H and O–H groups in total. The van der Waals surface area contributed by atoms with Gasteiger partial charge < -0.3 is 54.3 Å². The predicted molar refractivity (Wildman–Crippen MR) is 285 cm³/mol. The molecule has 4 aromatic heterocycles. The van der Waals surface area contributed by atoms with Gasteiger partial charge in [0, 0.05) is 96.5 Å². The fourth-order valence-electron chi connectivity index (χ4n) is 11.1. The summed E-state index contributed by atoms with van der Waals surface area (Å²) in [5.74, 6) is 0.912. The number of hydrogen-bond acceptors (Lipinski definition) is 17. The van der Waals surface area contributed by atoms with Crippen molar-refractivity contribution in [2.24, 2.45) is 0 Å². The van der Waals surface area contributed by atoms with Crippen molar-refractivity contribution in [2.75, 3.05) is 86.3 Å². The lowest BCUT2D eigenvalue weighted by Crippen LogP contribution is -2.39. The lowest BCUT2D eigenvalue weighted by atomic mass is 9.91. The number of piperidine rings is 2. The van der Waals surface area contributed by atoms with E-state index in [2.05, 4.69) is 41.4 Å². The van der Waals surface area contributed by atoms with Crippen LogP contribution in [0, 0.1) is 25.5 Å². The van der Waals surface area contributed by atoms with Crippen LogP contribution in [0.3, 0.4) is 0 Å². The minimum Gasteiger partial charge on any atom is -0.438 e. The fraction of sp³-hybridized carbons (Fsp3) is 0.564. The monoisotopic (exact) mass is 1080 g/mol. The van der Waals surface area contributed by atoms with Crippen molar-refractivity contribution < 1.29 is 41.6 Å². The van der Waals surface area contributed by atoms with E-state index < -0.39 is 24.4 Å². The summed E-state index contributed by atoms with van der Waals surface area (Å²) in [4.78, 5) is 65.4. The van der Waals surface area contributed by atoms with E-state index in [0.29, 0.717) is 105 Å². The van der Waals surface area contributed by atoms with Gasteiger partial charge in [-0.15, -0.1) is 0 Å². The highest BCUT2D eigenvalue weighted by atomic mass is 19.1. The Morgan fingerprint density at radius 2 is 1.09 bits per heavy atom. The Morgan fingerprint density at radius 1 is 0.628 bits per heavy atom. The number of alkyl carbamates (subject to hydrolysis) is 2. The molecule has 2 atom stereocenters. The van der Waals surface area contributed by atoms with Crippen LogP contribution in [0.15, 0.2) is 55.0 Å². The van der Waals surface area contributed by atoms with Crippen LogP contribution < -0.4 is 32.4 Å². The quantitative estimate of drug-likeness (QED) is 0.0567. The third-order valence-electron chi connectivity index (χ3n) is 15.4. The Hall–Kier alpha value is -6.66. The van der Waals surface area contributed by atoms with Crippen molar-refractivity contribution in [1.82, 2.24) is 60.5 Å². The number of nitrogens with one attached hydrogen (secondary N) is 4. The number of likely N-dealkylation sites (N-methyl/N-ethyl adjacent to an activating group) is 1. The summed E-state index contributed by atoms with van der Waals surface area (Å²) in [6.45, 7) is 12.3. The molecule has 4 aliphatic heterocycles. The molecule has 420 valence electrons. The Morgan fingerprint density at radius 3 is 1.55 bits per heavy atom. The van der Waals surface area contributed by atoms with Crippen molar-refractivity contribution in [3.63, 3.8) is 0 Å². The lowest BCUT2D eigenvalue weighted by molar-refractivity contribution is 0.0702. The molecule has 0 aliphatic carbocycles. The third kappa shape index (κ3) is 13.4. The topological polar surface area (TPSA) is 238 Å². The number of halogens is 2. The SMILES string of the molecule is CNCCOCCNC(=O)OC1CCCn2c1nc(C)c(CCN1CCC(c3noc4cc(F)ccc34)CC1)c2=O.CNCNC(=O)OC1CCCn2c1nc(C)c(CCN1CCC(c3noc4cc(F)ccc34)CC1)c2=O. The second-order valence-electron chi connectivity index (χ2n) is 20.6. The van der Waals surface area contributed by atoms with Gasteiger partial charge in [-0.1, -0.05) is 10.3 Å². The number of benzene rings is 2. The van der Waals surface area contributed by atoms with E-state index in [9.17, 15) is 28.0 Å². The van der Waals surface area contributed by atoms with Gasteiger partial charge in [0.1, 0.15) is 11.6 Å². The largest absolute Gasteiger partial charge is 0.438 e. The van der Waals surface area contributed by atoms with Crippen LogP contribution in [0.4, 0.5) is 18.4 Å². The molecular formula is C55H72F2N12O9. The Bertz CT molecular complexity index is 3150. The second-order valence-corrected chi connectivity index (χ2v) is 20.6. The van der Waals surface area contributed by atoms with E-state index >= 15 is 0 Å². The Labute approximate surface area is 450 Å². The van der Waals surface area contributed by atoms with Gasteiger partial charge in [-0.3, -0.25) is 18.7 Å². The zero-order valence-corrected chi connectivity index (χ0v) is 45.0. The number of aryl methyl sites for hydroxylation is 2. The summed E-state index contributed by atoms with van der Waals surface area (Å²) in [6.07, 6.45) is 5.50. The number of carbonyl (C=O) groups is 2. The summed E-state index contributed by atoms with van der Waals surface area (Å²) in [5, 5.41) is 21.4. The van der Waals surface area contributed by atoms with Crippen LogP contribution in [-0.2, 0) is 40.1 Å². The molecule has 0 radical (unpaired) electrons. The number of aromatic nitrogens is 6. The van der Waals surface area contributed by atoms with Gasteiger partial charge in [-0.2, -0.15) is 0 Å². The number of ether oxygens (including phenoxy) is 3. The van der Waals surface area contributed by atoms with Crippen molar-refractivity contribution in [3.8, 4) is 0 Å². The molecule has 4 aliphatic rings. The number of fused-ring (bicyclic) bond motifs is 4. The van der Waals surface area contributed by atoms with E-state index in [0.717, 1.165) is 112 Å². The van der Waals surface area contributed by atoms with Crippen molar-refractivity contribution in [3.05, 3.63) is 114 Å². The lowest BCUT2D eigenvalue weighted by Gasteiger charge is -2.31. The van der Waals surface area contributed by atoms with Crippen LogP contribution in [0.2, 0.25) is 0 Å². The summed E-state index contributed by atoms with van der Waals surface area (Å²) in [5.41, 5.74) is 5.49. The van der Waals surface area contributed by atoms with Crippen LogP contribution in [0.1, 0.15) is 121 Å². The Balaban J connectivity index is 0.000000191. The van der Waals surface area contributed by atoms with E-state index in [1.807, 2.05) is 20.9 Å². The summed E-state index contributed by atoms with van der Waals surface area (Å²) < 4.78 is 57.7. The number of nitrogens with zero attached hydrogens (tertiary/aromatic N) is 8. The van der Waals surface area contributed by atoms with E-state index in [4.69, 9.17) is 33.2 Å². The molecule has 2 amide bonds. The van der Waals surface area contributed by atoms with Crippen molar-refractivity contribution in [1.29, 1.82) is 0 Å². The maximum atomic E-state index is 13.5. The number of likely N-dealkylation sites (tertiary alicyclic amines) is 2. The predicted octanol–water partition coefficient (Wildman–Crippen LogP) is 6.04. The molecule has 2 aromatic carbocycles. The highest BCUT2D eigenvalue weighted by Gasteiger charge is 2.32. The maximum absolute atomic E-state index is 13.5. The number of hydrogen-bond donors (Lipinski definition) is 4. The Kier molecular flexibility index (Phi) is 18.9. The first-order chi connectivity index (χ1) is 37.9. The van der Waals surface area contributed by atoms with Crippen LogP contribution in [0.5, 0.6) is 0 Å².